The minimum absolute atomic E-state index is 0.0559. The molecule has 19 heavy (non-hydrogen) atoms. The molecule has 0 fully saturated rings. The number of benzene rings is 1. The Morgan fingerprint density at radius 2 is 2.05 bits per heavy atom. The maximum Gasteiger partial charge on any atom is 0.124 e. The first-order valence-corrected chi connectivity index (χ1v) is 6.76. The molecule has 0 aliphatic rings. The lowest BCUT2D eigenvalue weighted by molar-refractivity contribution is 0.0910. The molecule has 1 aromatic carbocycles. The van der Waals surface area contributed by atoms with E-state index in [0.29, 0.717) is 12.4 Å². The smallest absolute Gasteiger partial charge is 0.124 e. The molecule has 0 aromatic heterocycles. The summed E-state index contributed by atoms with van der Waals surface area (Å²) in [4.78, 5) is 0. The van der Waals surface area contributed by atoms with E-state index in [1.54, 1.807) is 13.2 Å². The van der Waals surface area contributed by atoms with Gasteiger partial charge in [0.15, 0.2) is 0 Å². The van der Waals surface area contributed by atoms with Crippen molar-refractivity contribution in [2.75, 3.05) is 20.3 Å². The van der Waals surface area contributed by atoms with E-state index < -0.39 is 0 Å². The number of ether oxygens (including phenoxy) is 2. The van der Waals surface area contributed by atoms with E-state index in [0.717, 1.165) is 18.5 Å². The van der Waals surface area contributed by atoms with E-state index in [1.807, 2.05) is 13.8 Å². The van der Waals surface area contributed by atoms with Gasteiger partial charge in [0.05, 0.1) is 6.61 Å². The number of methoxy groups -OCH3 is 1. The van der Waals surface area contributed by atoms with Crippen LogP contribution in [0.1, 0.15) is 38.8 Å². The van der Waals surface area contributed by atoms with Crippen molar-refractivity contribution in [1.29, 1.82) is 0 Å². The fourth-order valence-electron chi connectivity index (χ4n) is 1.92. The first-order valence-electron chi connectivity index (χ1n) is 6.76. The van der Waals surface area contributed by atoms with Crippen LogP contribution in [-0.4, -0.2) is 26.4 Å². The fourth-order valence-corrected chi connectivity index (χ4v) is 1.92. The summed E-state index contributed by atoms with van der Waals surface area (Å²) in [5, 5.41) is 3.34. The topological polar surface area (TPSA) is 30.5 Å². The third kappa shape index (κ3) is 5.17. The number of halogens is 1. The Bertz CT molecular complexity index is 384. The predicted octanol–water partition coefficient (Wildman–Crippen LogP) is 3.30. The zero-order chi connectivity index (χ0) is 14.3. The lowest BCUT2D eigenvalue weighted by atomic mass is 10.1. The van der Waals surface area contributed by atoms with Crippen molar-refractivity contribution in [1.82, 2.24) is 5.32 Å². The molecule has 0 saturated heterocycles. The SMILES string of the molecule is CCCNC(C)c1cc(F)ccc1OC(C)COC. The van der Waals surface area contributed by atoms with Gasteiger partial charge in [-0.2, -0.15) is 0 Å². The van der Waals surface area contributed by atoms with Gasteiger partial charge in [-0.1, -0.05) is 6.92 Å². The molecule has 0 heterocycles. The maximum absolute atomic E-state index is 13.4. The molecular formula is C15H24FNO2. The summed E-state index contributed by atoms with van der Waals surface area (Å²) in [7, 11) is 1.64. The molecule has 0 amide bonds. The molecule has 108 valence electrons. The van der Waals surface area contributed by atoms with Crippen LogP contribution in [0.5, 0.6) is 5.75 Å². The molecule has 4 heteroatoms. The van der Waals surface area contributed by atoms with Gasteiger partial charge < -0.3 is 14.8 Å². The van der Waals surface area contributed by atoms with Gasteiger partial charge in [0.2, 0.25) is 0 Å². The Labute approximate surface area is 115 Å². The van der Waals surface area contributed by atoms with Crippen LogP contribution in [0, 0.1) is 5.82 Å². The van der Waals surface area contributed by atoms with Crippen molar-refractivity contribution >= 4 is 0 Å². The summed E-state index contributed by atoms with van der Waals surface area (Å²) in [5.41, 5.74) is 0.844. The summed E-state index contributed by atoms with van der Waals surface area (Å²) in [6, 6.07) is 4.69. The predicted molar refractivity (Wildman–Crippen MR) is 75.1 cm³/mol. The Hall–Kier alpha value is -1.13. The molecule has 0 aliphatic carbocycles. The second-order valence-corrected chi connectivity index (χ2v) is 4.74. The molecule has 1 aromatic rings. The van der Waals surface area contributed by atoms with Crippen LogP contribution in [0.15, 0.2) is 18.2 Å². The van der Waals surface area contributed by atoms with Crippen LogP contribution in [0.4, 0.5) is 4.39 Å². The maximum atomic E-state index is 13.4. The first kappa shape index (κ1) is 15.9. The molecule has 0 spiro atoms. The van der Waals surface area contributed by atoms with Crippen molar-refractivity contribution in [2.45, 2.75) is 39.3 Å². The molecule has 0 bridgehead atoms. The van der Waals surface area contributed by atoms with Crippen LogP contribution >= 0.6 is 0 Å². The molecule has 0 saturated carbocycles. The van der Waals surface area contributed by atoms with Crippen LogP contribution in [0.2, 0.25) is 0 Å². The highest BCUT2D eigenvalue weighted by Crippen LogP contribution is 2.27. The van der Waals surface area contributed by atoms with E-state index >= 15 is 0 Å². The van der Waals surface area contributed by atoms with Crippen molar-refractivity contribution in [2.24, 2.45) is 0 Å². The van der Waals surface area contributed by atoms with E-state index in [4.69, 9.17) is 9.47 Å². The van der Waals surface area contributed by atoms with E-state index in [2.05, 4.69) is 12.2 Å². The van der Waals surface area contributed by atoms with Crippen molar-refractivity contribution in [3.8, 4) is 5.75 Å². The molecule has 0 aliphatic heterocycles. The minimum Gasteiger partial charge on any atom is -0.488 e. The summed E-state index contributed by atoms with van der Waals surface area (Å²) in [6.07, 6.45) is 0.975. The molecule has 1 rings (SSSR count). The van der Waals surface area contributed by atoms with E-state index in [-0.39, 0.29) is 18.0 Å². The summed E-state index contributed by atoms with van der Waals surface area (Å²) >= 11 is 0. The van der Waals surface area contributed by atoms with Gasteiger partial charge in [0, 0.05) is 18.7 Å². The van der Waals surface area contributed by atoms with E-state index in [9.17, 15) is 4.39 Å². The summed E-state index contributed by atoms with van der Waals surface area (Å²) in [5.74, 6) is 0.467. The summed E-state index contributed by atoms with van der Waals surface area (Å²) in [6.45, 7) is 7.45. The second kappa shape index (κ2) is 8.12. The number of hydrogen-bond donors (Lipinski definition) is 1. The molecule has 2 atom stereocenters. The Morgan fingerprint density at radius 1 is 1.32 bits per heavy atom. The minimum atomic E-state index is -0.244. The van der Waals surface area contributed by atoms with Crippen molar-refractivity contribution in [3.63, 3.8) is 0 Å². The van der Waals surface area contributed by atoms with Gasteiger partial charge >= 0.3 is 0 Å². The Kier molecular flexibility index (Phi) is 6.81. The van der Waals surface area contributed by atoms with Crippen molar-refractivity contribution < 1.29 is 13.9 Å². The molecule has 0 radical (unpaired) electrons. The van der Waals surface area contributed by atoms with Gasteiger partial charge in [0.1, 0.15) is 17.7 Å². The number of nitrogens with one attached hydrogen (secondary N) is 1. The number of rotatable bonds is 8. The highest BCUT2D eigenvalue weighted by molar-refractivity contribution is 5.36. The normalized spacial score (nSPS) is 14.2. The van der Waals surface area contributed by atoms with Crippen molar-refractivity contribution in [3.05, 3.63) is 29.6 Å². The van der Waals surface area contributed by atoms with Crippen LogP contribution in [-0.2, 0) is 4.74 Å². The fraction of sp³-hybridized carbons (Fsp3) is 0.600. The standard InChI is InChI=1S/C15H24FNO2/c1-5-8-17-12(3)14-9-13(16)6-7-15(14)19-11(2)10-18-4/h6-7,9,11-12,17H,5,8,10H2,1-4H3. The largest absolute Gasteiger partial charge is 0.488 e. The van der Waals surface area contributed by atoms with Crippen LogP contribution < -0.4 is 10.1 Å². The summed E-state index contributed by atoms with van der Waals surface area (Å²) < 4.78 is 24.3. The quantitative estimate of drug-likeness (QED) is 0.785. The van der Waals surface area contributed by atoms with Crippen LogP contribution in [0.25, 0.3) is 0 Å². The Balaban J connectivity index is 2.84. The van der Waals surface area contributed by atoms with Gasteiger partial charge in [-0.3, -0.25) is 0 Å². The van der Waals surface area contributed by atoms with Crippen LogP contribution in [0.3, 0.4) is 0 Å². The average molecular weight is 269 g/mol. The lowest BCUT2D eigenvalue weighted by Gasteiger charge is -2.21. The molecule has 2 unspecified atom stereocenters. The molecular weight excluding hydrogens is 245 g/mol. The monoisotopic (exact) mass is 269 g/mol. The third-order valence-corrected chi connectivity index (χ3v) is 2.87. The molecule has 1 N–H and O–H groups in total. The van der Waals surface area contributed by atoms with Gasteiger partial charge in [-0.15, -0.1) is 0 Å². The molecule has 3 nitrogen and oxygen atoms in total. The number of hydrogen-bond acceptors (Lipinski definition) is 3. The zero-order valence-electron chi connectivity index (χ0n) is 12.2. The van der Waals surface area contributed by atoms with Gasteiger partial charge in [0.25, 0.3) is 0 Å². The highest BCUT2D eigenvalue weighted by atomic mass is 19.1. The zero-order valence-corrected chi connectivity index (χ0v) is 12.2. The Morgan fingerprint density at radius 3 is 2.68 bits per heavy atom. The lowest BCUT2D eigenvalue weighted by Crippen LogP contribution is -2.23. The second-order valence-electron chi connectivity index (χ2n) is 4.74. The van der Waals surface area contributed by atoms with Gasteiger partial charge in [-0.05, 0) is 45.0 Å². The first-order chi connectivity index (χ1) is 9.08. The van der Waals surface area contributed by atoms with Gasteiger partial charge in [-0.25, -0.2) is 4.39 Å². The third-order valence-electron chi connectivity index (χ3n) is 2.87. The van der Waals surface area contributed by atoms with E-state index in [1.165, 1.54) is 12.1 Å². The highest BCUT2D eigenvalue weighted by Gasteiger charge is 2.14. The average Bonchev–Trinajstić information content (AvgIpc) is 2.38.